The van der Waals surface area contributed by atoms with E-state index in [1.165, 1.54) is 13.0 Å². The molecule has 2 aromatic rings. The Kier molecular flexibility index (Phi) is 4.63. The summed E-state index contributed by atoms with van der Waals surface area (Å²) in [6.07, 6.45) is -3.70. The number of nitrogens with one attached hydrogen (secondary N) is 2. The first kappa shape index (κ1) is 16.5. The van der Waals surface area contributed by atoms with Crippen molar-refractivity contribution in [3.8, 4) is 0 Å². The normalized spacial score (nSPS) is 11.0. The van der Waals surface area contributed by atoms with Gasteiger partial charge in [0.25, 0.3) is 5.91 Å². The van der Waals surface area contributed by atoms with Gasteiger partial charge in [0, 0.05) is 24.5 Å². The Hall–Kier alpha value is -2.90. The molecule has 23 heavy (non-hydrogen) atoms. The average Bonchev–Trinajstić information content (AvgIpc) is 2.46. The fraction of sp³-hybridized carbons (Fsp3) is 0.133. The predicted octanol–water partition coefficient (Wildman–Crippen LogP) is 3.31. The highest BCUT2D eigenvalue weighted by Crippen LogP contribution is 2.27. The molecule has 0 saturated heterocycles. The fourth-order valence-electron chi connectivity index (χ4n) is 1.78. The number of carbonyl (C=O) groups excluding carboxylic acids is 2. The van der Waals surface area contributed by atoms with Gasteiger partial charge in [-0.05, 0) is 30.3 Å². The van der Waals surface area contributed by atoms with E-state index in [-0.39, 0.29) is 11.5 Å². The fourth-order valence-corrected chi connectivity index (χ4v) is 1.78. The van der Waals surface area contributed by atoms with Crippen LogP contribution in [0.2, 0.25) is 0 Å². The maximum atomic E-state index is 12.4. The van der Waals surface area contributed by atoms with E-state index >= 15 is 0 Å². The number of hydrogen-bond acceptors (Lipinski definition) is 3. The zero-order chi connectivity index (χ0) is 17.0. The molecule has 1 aromatic heterocycles. The molecule has 0 unspecified atom stereocenters. The third-order valence-corrected chi connectivity index (χ3v) is 2.76. The zero-order valence-electron chi connectivity index (χ0n) is 11.9. The second-order valence-corrected chi connectivity index (χ2v) is 4.65. The summed E-state index contributed by atoms with van der Waals surface area (Å²) in [5.74, 6) is -0.869. The van der Waals surface area contributed by atoms with Crippen LogP contribution in [0.5, 0.6) is 0 Å². The highest BCUT2D eigenvalue weighted by molar-refractivity contribution is 6.04. The quantitative estimate of drug-likeness (QED) is 0.910. The largest absolute Gasteiger partial charge is 0.433 e. The Morgan fingerprint density at radius 3 is 2.22 bits per heavy atom. The van der Waals surface area contributed by atoms with Gasteiger partial charge in [0.15, 0.2) is 0 Å². The van der Waals surface area contributed by atoms with Gasteiger partial charge in [-0.2, -0.15) is 13.2 Å². The van der Waals surface area contributed by atoms with Gasteiger partial charge in [0.2, 0.25) is 5.91 Å². The number of carbonyl (C=O) groups is 2. The lowest BCUT2D eigenvalue weighted by molar-refractivity contribution is -0.141. The first-order chi connectivity index (χ1) is 10.8. The third kappa shape index (κ3) is 4.53. The Balaban J connectivity index is 2.11. The van der Waals surface area contributed by atoms with Crippen molar-refractivity contribution in [3.05, 3.63) is 53.9 Å². The van der Waals surface area contributed by atoms with Crippen molar-refractivity contribution in [1.82, 2.24) is 4.98 Å². The number of aromatic nitrogens is 1. The minimum absolute atomic E-state index is 0.0112. The molecule has 120 valence electrons. The highest BCUT2D eigenvalue weighted by Gasteiger charge is 2.32. The number of nitrogens with zero attached hydrogens (tertiary/aromatic N) is 1. The van der Waals surface area contributed by atoms with Crippen molar-refractivity contribution < 1.29 is 22.8 Å². The molecular weight excluding hydrogens is 311 g/mol. The van der Waals surface area contributed by atoms with Crippen LogP contribution >= 0.6 is 0 Å². The maximum Gasteiger partial charge on any atom is 0.433 e. The molecule has 0 fully saturated rings. The Bertz CT molecular complexity index is 727. The number of pyridine rings is 1. The Labute approximate surface area is 129 Å². The molecule has 8 heteroatoms. The molecule has 1 aromatic carbocycles. The van der Waals surface area contributed by atoms with Gasteiger partial charge < -0.3 is 10.6 Å². The van der Waals surface area contributed by atoms with Crippen LogP contribution in [0.1, 0.15) is 23.0 Å². The summed E-state index contributed by atoms with van der Waals surface area (Å²) in [6, 6.07) is 8.14. The van der Waals surface area contributed by atoms with Crippen molar-refractivity contribution in [2.24, 2.45) is 0 Å². The molecule has 0 aliphatic heterocycles. The van der Waals surface area contributed by atoms with Crippen LogP contribution in [-0.2, 0) is 11.0 Å². The number of halogens is 3. The monoisotopic (exact) mass is 323 g/mol. The SMILES string of the molecule is CC(=O)Nc1cccc(NC(=O)c2ccc(C(F)(F)F)nc2)c1. The van der Waals surface area contributed by atoms with E-state index in [9.17, 15) is 22.8 Å². The molecule has 0 aliphatic rings. The van der Waals surface area contributed by atoms with Gasteiger partial charge in [-0.25, -0.2) is 0 Å². The molecule has 2 rings (SSSR count). The first-order valence-corrected chi connectivity index (χ1v) is 6.48. The van der Waals surface area contributed by atoms with Gasteiger partial charge in [-0.15, -0.1) is 0 Å². The number of anilines is 2. The van der Waals surface area contributed by atoms with Crippen molar-refractivity contribution in [2.45, 2.75) is 13.1 Å². The standard InChI is InChI=1S/C15H12F3N3O2/c1-9(22)20-11-3-2-4-12(7-11)21-14(23)10-5-6-13(19-8-10)15(16,17)18/h2-8H,1H3,(H,20,22)(H,21,23). The lowest BCUT2D eigenvalue weighted by Crippen LogP contribution is -2.14. The minimum atomic E-state index is -4.55. The summed E-state index contributed by atoms with van der Waals surface area (Å²) in [6.45, 7) is 1.35. The maximum absolute atomic E-state index is 12.4. The van der Waals surface area contributed by atoms with Gasteiger partial charge in [-0.1, -0.05) is 6.07 Å². The summed E-state index contributed by atoms with van der Waals surface area (Å²) in [5, 5.41) is 5.07. The molecule has 0 spiro atoms. The number of rotatable bonds is 3. The minimum Gasteiger partial charge on any atom is -0.326 e. The predicted molar refractivity (Wildman–Crippen MR) is 77.9 cm³/mol. The van der Waals surface area contributed by atoms with Crippen LogP contribution in [0.25, 0.3) is 0 Å². The van der Waals surface area contributed by atoms with E-state index in [0.29, 0.717) is 11.4 Å². The number of alkyl halides is 3. The Morgan fingerprint density at radius 1 is 1.04 bits per heavy atom. The average molecular weight is 323 g/mol. The van der Waals surface area contributed by atoms with E-state index in [1.54, 1.807) is 18.2 Å². The summed E-state index contributed by atoms with van der Waals surface area (Å²) >= 11 is 0. The van der Waals surface area contributed by atoms with E-state index in [2.05, 4.69) is 15.6 Å². The second kappa shape index (κ2) is 6.47. The molecule has 0 aliphatic carbocycles. The van der Waals surface area contributed by atoms with Crippen molar-refractivity contribution >= 4 is 23.2 Å². The van der Waals surface area contributed by atoms with E-state index in [0.717, 1.165) is 18.3 Å². The molecule has 5 nitrogen and oxygen atoms in total. The molecule has 2 amide bonds. The summed E-state index contributed by atoms with van der Waals surface area (Å²) in [7, 11) is 0. The van der Waals surface area contributed by atoms with Gasteiger partial charge in [-0.3, -0.25) is 14.6 Å². The van der Waals surface area contributed by atoms with Crippen molar-refractivity contribution in [1.29, 1.82) is 0 Å². The number of hydrogen-bond donors (Lipinski definition) is 2. The summed E-state index contributed by atoms with van der Waals surface area (Å²) < 4.78 is 37.3. The number of amides is 2. The zero-order valence-corrected chi connectivity index (χ0v) is 11.9. The van der Waals surface area contributed by atoms with Crippen molar-refractivity contribution in [3.63, 3.8) is 0 Å². The van der Waals surface area contributed by atoms with Gasteiger partial charge >= 0.3 is 6.18 Å². The van der Waals surface area contributed by atoms with E-state index in [1.807, 2.05) is 0 Å². The third-order valence-electron chi connectivity index (χ3n) is 2.76. The van der Waals surface area contributed by atoms with Crippen LogP contribution in [0.3, 0.4) is 0 Å². The number of benzene rings is 1. The molecule has 0 saturated carbocycles. The lowest BCUT2D eigenvalue weighted by atomic mass is 10.2. The smallest absolute Gasteiger partial charge is 0.326 e. The van der Waals surface area contributed by atoms with Crippen LogP contribution in [-0.4, -0.2) is 16.8 Å². The van der Waals surface area contributed by atoms with Crippen LogP contribution in [0.4, 0.5) is 24.5 Å². The van der Waals surface area contributed by atoms with E-state index < -0.39 is 17.8 Å². The molecular formula is C15H12F3N3O2. The molecule has 0 radical (unpaired) electrons. The summed E-state index contributed by atoms with van der Waals surface area (Å²) in [4.78, 5) is 26.2. The van der Waals surface area contributed by atoms with Crippen LogP contribution in [0.15, 0.2) is 42.6 Å². The van der Waals surface area contributed by atoms with Crippen molar-refractivity contribution in [2.75, 3.05) is 10.6 Å². The molecule has 1 heterocycles. The van der Waals surface area contributed by atoms with E-state index in [4.69, 9.17) is 0 Å². The molecule has 0 bridgehead atoms. The van der Waals surface area contributed by atoms with Crippen LogP contribution < -0.4 is 10.6 Å². The first-order valence-electron chi connectivity index (χ1n) is 6.48. The lowest BCUT2D eigenvalue weighted by Gasteiger charge is -2.09. The Morgan fingerprint density at radius 2 is 1.70 bits per heavy atom. The highest BCUT2D eigenvalue weighted by atomic mass is 19.4. The summed E-state index contributed by atoms with van der Waals surface area (Å²) in [5.41, 5.74) is -0.202. The van der Waals surface area contributed by atoms with Gasteiger partial charge in [0.1, 0.15) is 5.69 Å². The topological polar surface area (TPSA) is 71.1 Å². The second-order valence-electron chi connectivity index (χ2n) is 4.65. The van der Waals surface area contributed by atoms with Crippen LogP contribution in [0, 0.1) is 0 Å². The van der Waals surface area contributed by atoms with Gasteiger partial charge in [0.05, 0.1) is 5.56 Å². The molecule has 2 N–H and O–H groups in total. The molecule has 0 atom stereocenters.